The number of hydrogen-bond donors (Lipinski definition) is 1. The smallest absolute Gasteiger partial charge is 0.360 e. The van der Waals surface area contributed by atoms with Gasteiger partial charge in [-0.25, -0.2) is 9.78 Å². The topological polar surface area (TPSA) is 70.1 Å². The first-order valence-electron chi connectivity index (χ1n) is 5.99. The number of nitrogen functional groups attached to an aromatic ring is 1. The number of rotatable bonds is 4. The number of hydrogen-bond acceptors (Lipinski definition) is 5. The Morgan fingerprint density at radius 1 is 1.61 bits per heavy atom. The number of nitrogens with two attached hydrogens (primary N) is 1. The van der Waals surface area contributed by atoms with Crippen molar-refractivity contribution in [2.24, 2.45) is 0 Å². The fourth-order valence-corrected chi connectivity index (χ4v) is 3.27. The standard InChI is InChI=1S/C12H19N3O2S/c1-8-14-9(11(16)17-2)10(13)15(8)7-12(18-3)5-4-6-12/h4-7,13H2,1-3H3. The third kappa shape index (κ3) is 2.09. The molecule has 0 bridgehead atoms. The zero-order valence-electron chi connectivity index (χ0n) is 11.0. The quantitative estimate of drug-likeness (QED) is 0.845. The Morgan fingerprint density at radius 2 is 2.28 bits per heavy atom. The molecule has 5 nitrogen and oxygen atoms in total. The fraction of sp³-hybridized carbons (Fsp3) is 0.667. The van der Waals surface area contributed by atoms with Crippen LogP contribution in [0.25, 0.3) is 0 Å². The van der Waals surface area contributed by atoms with Crippen molar-refractivity contribution in [1.29, 1.82) is 0 Å². The Labute approximate surface area is 111 Å². The van der Waals surface area contributed by atoms with Crippen LogP contribution < -0.4 is 5.73 Å². The minimum Gasteiger partial charge on any atom is -0.464 e. The van der Waals surface area contributed by atoms with Crippen molar-refractivity contribution >= 4 is 23.5 Å². The monoisotopic (exact) mass is 269 g/mol. The Morgan fingerprint density at radius 3 is 2.72 bits per heavy atom. The van der Waals surface area contributed by atoms with Crippen molar-refractivity contribution in [3.8, 4) is 0 Å². The highest BCUT2D eigenvalue weighted by Gasteiger charge is 2.37. The van der Waals surface area contributed by atoms with Gasteiger partial charge in [0.15, 0.2) is 5.69 Å². The molecule has 1 fully saturated rings. The van der Waals surface area contributed by atoms with Gasteiger partial charge in [0.05, 0.1) is 7.11 Å². The van der Waals surface area contributed by atoms with E-state index in [2.05, 4.69) is 16.0 Å². The highest BCUT2D eigenvalue weighted by atomic mass is 32.2. The summed E-state index contributed by atoms with van der Waals surface area (Å²) in [6.07, 6.45) is 5.78. The summed E-state index contributed by atoms with van der Waals surface area (Å²) in [5, 5.41) is 0. The largest absolute Gasteiger partial charge is 0.464 e. The van der Waals surface area contributed by atoms with E-state index >= 15 is 0 Å². The molecular weight excluding hydrogens is 250 g/mol. The van der Waals surface area contributed by atoms with E-state index in [0.29, 0.717) is 5.82 Å². The minimum absolute atomic E-state index is 0.227. The maximum atomic E-state index is 11.5. The summed E-state index contributed by atoms with van der Waals surface area (Å²) >= 11 is 1.87. The van der Waals surface area contributed by atoms with Crippen molar-refractivity contribution in [3.05, 3.63) is 11.5 Å². The summed E-state index contributed by atoms with van der Waals surface area (Å²) in [6.45, 7) is 2.69. The number of methoxy groups -OCH3 is 1. The third-order valence-corrected chi connectivity index (χ3v) is 5.12. The number of esters is 1. The Kier molecular flexibility index (Phi) is 3.56. The number of carbonyl (C=O) groups excluding carboxylic acids is 1. The summed E-state index contributed by atoms with van der Waals surface area (Å²) in [6, 6.07) is 0. The van der Waals surface area contributed by atoms with E-state index in [4.69, 9.17) is 5.73 Å². The van der Waals surface area contributed by atoms with Crippen molar-refractivity contribution in [2.45, 2.75) is 37.5 Å². The lowest BCUT2D eigenvalue weighted by molar-refractivity contribution is 0.0595. The first-order chi connectivity index (χ1) is 8.53. The van der Waals surface area contributed by atoms with Gasteiger partial charge in [-0.3, -0.25) is 0 Å². The SMILES string of the molecule is COC(=O)c1nc(C)n(CC2(SC)CCC2)c1N. The van der Waals surface area contributed by atoms with E-state index in [1.165, 1.54) is 26.4 Å². The van der Waals surface area contributed by atoms with Gasteiger partial charge < -0.3 is 15.0 Å². The molecule has 2 rings (SSSR count). The minimum atomic E-state index is -0.471. The van der Waals surface area contributed by atoms with Gasteiger partial charge in [0, 0.05) is 11.3 Å². The van der Waals surface area contributed by atoms with Gasteiger partial charge in [-0.15, -0.1) is 0 Å². The van der Waals surface area contributed by atoms with Gasteiger partial charge in [0.2, 0.25) is 0 Å². The van der Waals surface area contributed by atoms with E-state index in [1.807, 2.05) is 23.3 Å². The van der Waals surface area contributed by atoms with Crippen LogP contribution in [0.15, 0.2) is 0 Å². The molecule has 1 aliphatic rings. The van der Waals surface area contributed by atoms with Crippen molar-refractivity contribution < 1.29 is 9.53 Å². The molecule has 1 aliphatic carbocycles. The summed E-state index contributed by atoms with van der Waals surface area (Å²) in [5.74, 6) is 0.717. The van der Waals surface area contributed by atoms with Crippen LogP contribution in [0.5, 0.6) is 0 Å². The summed E-state index contributed by atoms with van der Waals surface area (Å²) in [4.78, 5) is 15.7. The van der Waals surface area contributed by atoms with Crippen LogP contribution in [0.2, 0.25) is 0 Å². The number of carbonyl (C=O) groups is 1. The Balaban J connectivity index is 2.28. The molecular formula is C12H19N3O2S. The molecule has 18 heavy (non-hydrogen) atoms. The van der Waals surface area contributed by atoms with E-state index in [0.717, 1.165) is 12.4 Å². The second kappa shape index (κ2) is 4.84. The van der Waals surface area contributed by atoms with Crippen LogP contribution in [-0.2, 0) is 11.3 Å². The van der Waals surface area contributed by atoms with Crippen LogP contribution in [-0.4, -0.2) is 33.6 Å². The van der Waals surface area contributed by atoms with Gasteiger partial charge in [-0.2, -0.15) is 11.8 Å². The number of aromatic nitrogens is 2. The molecule has 2 N–H and O–H groups in total. The van der Waals surface area contributed by atoms with Crippen LogP contribution in [0, 0.1) is 6.92 Å². The molecule has 0 atom stereocenters. The molecule has 1 saturated carbocycles. The second-order valence-corrected chi connectivity index (χ2v) is 5.99. The Hall–Kier alpha value is -1.17. The summed E-state index contributed by atoms with van der Waals surface area (Å²) in [7, 11) is 1.34. The molecule has 1 heterocycles. The van der Waals surface area contributed by atoms with E-state index in [-0.39, 0.29) is 10.4 Å². The average Bonchev–Trinajstić information content (AvgIpc) is 2.59. The van der Waals surface area contributed by atoms with E-state index < -0.39 is 5.97 Å². The predicted octanol–water partition coefficient (Wildman–Crippen LogP) is 1.85. The number of ether oxygens (including phenoxy) is 1. The first kappa shape index (κ1) is 13.3. The van der Waals surface area contributed by atoms with Crippen LogP contribution in [0.4, 0.5) is 5.82 Å². The lowest BCUT2D eigenvalue weighted by atomic mass is 9.84. The Bertz CT molecular complexity index is 461. The molecule has 100 valence electrons. The third-order valence-electron chi connectivity index (χ3n) is 3.72. The molecule has 0 aliphatic heterocycles. The molecule has 0 saturated heterocycles. The number of thioether (sulfide) groups is 1. The van der Waals surface area contributed by atoms with Crippen molar-refractivity contribution in [2.75, 3.05) is 19.1 Å². The number of anilines is 1. The normalized spacial score (nSPS) is 17.3. The molecule has 1 aromatic rings. The molecule has 0 unspecified atom stereocenters. The average molecular weight is 269 g/mol. The molecule has 0 spiro atoms. The summed E-state index contributed by atoms with van der Waals surface area (Å²) in [5.41, 5.74) is 6.24. The maximum absolute atomic E-state index is 11.5. The van der Waals surface area contributed by atoms with Gasteiger partial charge in [0.1, 0.15) is 11.6 Å². The molecule has 0 radical (unpaired) electrons. The number of nitrogens with zero attached hydrogens (tertiary/aromatic N) is 2. The van der Waals surface area contributed by atoms with Crippen LogP contribution in [0.1, 0.15) is 35.6 Å². The lowest BCUT2D eigenvalue weighted by Crippen LogP contribution is -2.38. The van der Waals surface area contributed by atoms with E-state index in [1.54, 1.807) is 0 Å². The molecule has 6 heteroatoms. The molecule has 1 aromatic heterocycles. The number of aryl methyl sites for hydroxylation is 1. The summed E-state index contributed by atoms with van der Waals surface area (Å²) < 4.78 is 6.87. The highest BCUT2D eigenvalue weighted by molar-refractivity contribution is 8.00. The predicted molar refractivity (Wildman–Crippen MR) is 72.8 cm³/mol. The molecule has 0 aromatic carbocycles. The maximum Gasteiger partial charge on any atom is 0.360 e. The van der Waals surface area contributed by atoms with Crippen molar-refractivity contribution in [3.63, 3.8) is 0 Å². The fourth-order valence-electron chi connectivity index (χ4n) is 2.31. The van der Waals surface area contributed by atoms with Crippen LogP contribution in [0.3, 0.4) is 0 Å². The van der Waals surface area contributed by atoms with E-state index in [9.17, 15) is 4.79 Å². The van der Waals surface area contributed by atoms with Gasteiger partial charge in [0.25, 0.3) is 0 Å². The number of imidazole rings is 1. The zero-order valence-corrected chi connectivity index (χ0v) is 11.8. The van der Waals surface area contributed by atoms with Gasteiger partial charge in [-0.05, 0) is 26.0 Å². The first-order valence-corrected chi connectivity index (χ1v) is 7.21. The molecule has 0 amide bonds. The van der Waals surface area contributed by atoms with Crippen molar-refractivity contribution in [1.82, 2.24) is 9.55 Å². The second-order valence-electron chi connectivity index (χ2n) is 4.71. The van der Waals surface area contributed by atoms with Crippen LogP contribution >= 0.6 is 11.8 Å². The van der Waals surface area contributed by atoms with Gasteiger partial charge >= 0.3 is 5.97 Å². The van der Waals surface area contributed by atoms with Gasteiger partial charge in [-0.1, -0.05) is 6.42 Å². The highest BCUT2D eigenvalue weighted by Crippen LogP contribution is 2.44. The lowest BCUT2D eigenvalue weighted by Gasteiger charge is -2.41. The zero-order chi connectivity index (χ0) is 13.3.